The van der Waals surface area contributed by atoms with Crippen LogP contribution in [0.25, 0.3) is 21.8 Å². The number of aromatic nitrogens is 2. The normalized spacial score (nSPS) is 24.9. The maximum Gasteiger partial charge on any atom is 0.326 e. The van der Waals surface area contributed by atoms with Gasteiger partial charge in [0.1, 0.15) is 42.3 Å². The third kappa shape index (κ3) is 5.85. The maximum absolute atomic E-state index is 13.1. The largest absolute Gasteiger partial charge is 0.481 e. The van der Waals surface area contributed by atoms with E-state index in [0.717, 1.165) is 5.39 Å². The Morgan fingerprint density at radius 2 is 1.82 bits per heavy atom. The second-order valence-corrected chi connectivity index (χ2v) is 9.26. The number of hydrogen-bond donors (Lipinski definition) is 8. The summed E-state index contributed by atoms with van der Waals surface area (Å²) in [7, 11) is 0. The molecule has 7 unspecified atom stereocenters. The number of amides is 1. The summed E-state index contributed by atoms with van der Waals surface area (Å²) >= 11 is 0. The summed E-state index contributed by atoms with van der Waals surface area (Å²) in [6.07, 6.45) is -9.37. The topological polar surface area (TPSA) is 232 Å². The fourth-order valence-electron chi connectivity index (χ4n) is 4.48. The second kappa shape index (κ2) is 11.6. The highest BCUT2D eigenvalue weighted by atomic mass is 16.7. The van der Waals surface area contributed by atoms with Gasteiger partial charge >= 0.3 is 11.9 Å². The number of carbonyl (C=O) groups excluding carboxylic acids is 1. The van der Waals surface area contributed by atoms with Crippen molar-refractivity contribution in [2.75, 3.05) is 6.61 Å². The van der Waals surface area contributed by atoms with Gasteiger partial charge in [-0.05, 0) is 25.5 Å². The first-order chi connectivity index (χ1) is 18.5. The molecule has 1 saturated heterocycles. The molecule has 2 aromatic heterocycles. The molecular formula is C25H29N3O11. The van der Waals surface area contributed by atoms with Crippen molar-refractivity contribution in [3.63, 3.8) is 0 Å². The SMILES string of the molecule is CC(OC1OC(CO)C(O)C(O)C1O)c1nc(C(=O)NC(CCC(=O)O)C(=O)O)cc2c1[nH]c1ccccc12. The molecule has 3 heterocycles. The third-order valence-electron chi connectivity index (χ3n) is 6.58. The Balaban J connectivity index is 1.70. The van der Waals surface area contributed by atoms with E-state index in [9.17, 15) is 39.9 Å². The molecule has 210 valence electrons. The summed E-state index contributed by atoms with van der Waals surface area (Å²) in [6.45, 7) is 0.898. The van der Waals surface area contributed by atoms with E-state index in [0.29, 0.717) is 16.4 Å². The molecule has 0 saturated carbocycles. The highest BCUT2D eigenvalue weighted by Crippen LogP contribution is 2.33. The maximum atomic E-state index is 13.1. The minimum absolute atomic E-state index is 0.173. The van der Waals surface area contributed by atoms with E-state index < -0.39 is 73.7 Å². The molecule has 1 aromatic carbocycles. The molecule has 8 N–H and O–H groups in total. The number of nitrogens with one attached hydrogen (secondary N) is 2. The minimum Gasteiger partial charge on any atom is -0.481 e. The van der Waals surface area contributed by atoms with Crippen molar-refractivity contribution in [2.24, 2.45) is 0 Å². The van der Waals surface area contributed by atoms with Gasteiger partial charge in [0, 0.05) is 22.7 Å². The summed E-state index contributed by atoms with van der Waals surface area (Å²) in [5.74, 6) is -3.48. The lowest BCUT2D eigenvalue weighted by atomic mass is 9.99. The van der Waals surface area contributed by atoms with Crippen LogP contribution >= 0.6 is 0 Å². The number of aliphatic carboxylic acids is 2. The summed E-state index contributed by atoms with van der Waals surface area (Å²) in [5, 5.41) is 61.9. The van der Waals surface area contributed by atoms with E-state index in [-0.39, 0.29) is 17.8 Å². The lowest BCUT2D eigenvalue weighted by Crippen LogP contribution is -2.59. The molecule has 1 fully saturated rings. The first kappa shape index (κ1) is 28.4. The Morgan fingerprint density at radius 3 is 2.49 bits per heavy atom. The number of pyridine rings is 1. The molecular weight excluding hydrogens is 518 g/mol. The summed E-state index contributed by atoms with van der Waals surface area (Å²) < 4.78 is 11.3. The van der Waals surface area contributed by atoms with Crippen LogP contribution in [0.5, 0.6) is 0 Å². The average molecular weight is 548 g/mol. The van der Waals surface area contributed by atoms with Crippen molar-refractivity contribution >= 4 is 39.7 Å². The Labute approximate surface area is 220 Å². The van der Waals surface area contributed by atoms with E-state index in [1.807, 2.05) is 0 Å². The molecule has 3 aromatic rings. The van der Waals surface area contributed by atoms with Crippen molar-refractivity contribution in [3.8, 4) is 0 Å². The second-order valence-electron chi connectivity index (χ2n) is 9.26. The van der Waals surface area contributed by atoms with Gasteiger partial charge in [0.25, 0.3) is 5.91 Å². The number of carbonyl (C=O) groups is 3. The fraction of sp³-hybridized carbons (Fsp3) is 0.440. The lowest BCUT2D eigenvalue weighted by Gasteiger charge is -2.40. The highest BCUT2D eigenvalue weighted by molar-refractivity contribution is 6.10. The molecule has 0 spiro atoms. The van der Waals surface area contributed by atoms with Crippen LogP contribution in [0.1, 0.15) is 42.1 Å². The number of aromatic amines is 1. The van der Waals surface area contributed by atoms with Crippen molar-refractivity contribution < 1.29 is 54.5 Å². The Hall–Kier alpha value is -3.66. The number of carboxylic acids is 2. The van der Waals surface area contributed by atoms with Crippen LogP contribution in [0, 0.1) is 0 Å². The quantitative estimate of drug-likeness (QED) is 0.163. The molecule has 0 radical (unpaired) electrons. The van der Waals surface area contributed by atoms with Gasteiger partial charge in [0.15, 0.2) is 6.29 Å². The highest BCUT2D eigenvalue weighted by Gasteiger charge is 2.45. The molecule has 14 heteroatoms. The third-order valence-corrected chi connectivity index (χ3v) is 6.58. The zero-order valence-corrected chi connectivity index (χ0v) is 20.7. The van der Waals surface area contributed by atoms with E-state index in [2.05, 4.69) is 15.3 Å². The van der Waals surface area contributed by atoms with Gasteiger partial charge in [-0.15, -0.1) is 0 Å². The molecule has 7 atom stereocenters. The number of H-pyrrole nitrogens is 1. The van der Waals surface area contributed by atoms with Crippen molar-refractivity contribution in [3.05, 3.63) is 41.7 Å². The number of aliphatic hydroxyl groups is 4. The van der Waals surface area contributed by atoms with Crippen LogP contribution in [-0.4, -0.2) is 102 Å². The van der Waals surface area contributed by atoms with Gasteiger partial charge in [-0.3, -0.25) is 9.59 Å². The number of para-hydroxylation sites is 1. The molecule has 1 aliphatic heterocycles. The molecule has 0 aliphatic carbocycles. The number of benzene rings is 1. The number of fused-ring (bicyclic) bond motifs is 3. The Morgan fingerprint density at radius 1 is 1.10 bits per heavy atom. The van der Waals surface area contributed by atoms with Crippen molar-refractivity contribution in [1.82, 2.24) is 15.3 Å². The molecule has 4 rings (SSSR count). The van der Waals surface area contributed by atoms with Gasteiger partial charge in [-0.25, -0.2) is 9.78 Å². The predicted octanol–water partition coefficient (Wildman–Crippen LogP) is -0.359. The minimum atomic E-state index is -1.67. The molecule has 1 aliphatic rings. The molecule has 0 bridgehead atoms. The summed E-state index contributed by atoms with van der Waals surface area (Å²) in [6, 6.07) is 7.18. The molecule has 14 nitrogen and oxygen atoms in total. The monoisotopic (exact) mass is 547 g/mol. The van der Waals surface area contributed by atoms with E-state index in [1.165, 1.54) is 6.07 Å². The molecule has 39 heavy (non-hydrogen) atoms. The van der Waals surface area contributed by atoms with Crippen LogP contribution in [0.4, 0.5) is 0 Å². The van der Waals surface area contributed by atoms with Crippen LogP contribution in [-0.2, 0) is 19.1 Å². The number of nitrogens with zero attached hydrogens (tertiary/aromatic N) is 1. The smallest absolute Gasteiger partial charge is 0.326 e. The zero-order chi connectivity index (χ0) is 28.4. The summed E-state index contributed by atoms with van der Waals surface area (Å²) in [5.41, 5.74) is 1.19. The van der Waals surface area contributed by atoms with Crippen LogP contribution < -0.4 is 5.32 Å². The van der Waals surface area contributed by atoms with Gasteiger partial charge in [0.05, 0.1) is 17.8 Å². The number of ether oxygens (including phenoxy) is 2. The van der Waals surface area contributed by atoms with Crippen LogP contribution in [0.2, 0.25) is 0 Å². The van der Waals surface area contributed by atoms with Crippen molar-refractivity contribution in [1.29, 1.82) is 0 Å². The first-order valence-electron chi connectivity index (χ1n) is 12.1. The number of aliphatic hydroxyl groups excluding tert-OH is 4. The number of hydrogen-bond acceptors (Lipinski definition) is 10. The van der Waals surface area contributed by atoms with Crippen LogP contribution in [0.3, 0.4) is 0 Å². The predicted molar refractivity (Wildman–Crippen MR) is 133 cm³/mol. The standard InChI is InChI=1S/C25H29N3O11/c1-10(38-25-22(34)21(33)20(32)16(9-29)39-25)18-19-12(11-4-2-3-5-13(11)26-19)8-15(27-18)23(35)28-14(24(36)37)6-7-17(30)31/h2-5,8,10,14,16,20-22,25-26,29,32-34H,6-7,9H2,1H3,(H,28,35)(H,30,31)(H,36,37). The fourth-order valence-corrected chi connectivity index (χ4v) is 4.48. The van der Waals surface area contributed by atoms with Crippen molar-refractivity contribution in [2.45, 2.75) is 62.6 Å². The zero-order valence-electron chi connectivity index (χ0n) is 20.7. The van der Waals surface area contributed by atoms with Gasteiger partial charge in [-0.2, -0.15) is 0 Å². The molecule has 1 amide bonds. The lowest BCUT2D eigenvalue weighted by molar-refractivity contribution is -0.311. The summed E-state index contributed by atoms with van der Waals surface area (Å²) in [4.78, 5) is 43.2. The van der Waals surface area contributed by atoms with E-state index >= 15 is 0 Å². The van der Waals surface area contributed by atoms with Gasteiger partial charge in [0.2, 0.25) is 0 Å². The van der Waals surface area contributed by atoms with Gasteiger partial charge in [-0.1, -0.05) is 18.2 Å². The van der Waals surface area contributed by atoms with E-state index in [1.54, 1.807) is 31.2 Å². The number of carboxylic acid groups (broad SMARTS) is 2. The average Bonchev–Trinajstić information content (AvgIpc) is 3.28. The number of rotatable bonds is 10. The van der Waals surface area contributed by atoms with Gasteiger partial charge < -0.3 is 50.4 Å². The van der Waals surface area contributed by atoms with E-state index in [4.69, 9.17) is 14.6 Å². The Bertz CT molecular complexity index is 1370. The first-order valence-corrected chi connectivity index (χ1v) is 12.1. The van der Waals surface area contributed by atoms with Crippen LogP contribution in [0.15, 0.2) is 30.3 Å². The Kier molecular flexibility index (Phi) is 8.44.